The number of carbonyl (C=O) groups is 1. The van der Waals surface area contributed by atoms with Gasteiger partial charge in [0.1, 0.15) is 5.82 Å². The number of aromatic nitrogens is 2. The largest absolute Gasteiger partial charge is 0.366 e. The van der Waals surface area contributed by atoms with Gasteiger partial charge in [-0.2, -0.15) is 0 Å². The highest BCUT2D eigenvalue weighted by molar-refractivity contribution is 5.99. The number of hydrogen-bond donors (Lipinski definition) is 1. The van der Waals surface area contributed by atoms with Gasteiger partial charge in [0.05, 0.1) is 0 Å². The van der Waals surface area contributed by atoms with E-state index in [1.165, 1.54) is 5.56 Å². The van der Waals surface area contributed by atoms with Gasteiger partial charge in [-0.05, 0) is 29.7 Å². The fourth-order valence-corrected chi connectivity index (χ4v) is 2.51. The van der Waals surface area contributed by atoms with Crippen molar-refractivity contribution in [1.29, 1.82) is 0 Å². The van der Waals surface area contributed by atoms with Crippen LogP contribution in [0.3, 0.4) is 0 Å². The number of hydrogen-bond acceptors (Lipinski definition) is 2. The van der Waals surface area contributed by atoms with Gasteiger partial charge in [0, 0.05) is 24.5 Å². The summed E-state index contributed by atoms with van der Waals surface area (Å²) in [6, 6.07) is 15.5. The van der Waals surface area contributed by atoms with E-state index in [1.54, 1.807) is 12.3 Å². The molecule has 0 aliphatic carbocycles. The summed E-state index contributed by atoms with van der Waals surface area (Å²) in [5, 5.41) is 0. The van der Waals surface area contributed by atoms with E-state index in [9.17, 15) is 4.79 Å². The van der Waals surface area contributed by atoms with E-state index < -0.39 is 5.91 Å². The number of imidazole rings is 1. The maximum absolute atomic E-state index is 11.5. The van der Waals surface area contributed by atoms with Crippen LogP contribution in [-0.4, -0.2) is 15.5 Å². The molecule has 0 atom stereocenters. The van der Waals surface area contributed by atoms with Crippen molar-refractivity contribution in [2.45, 2.75) is 13.5 Å². The highest BCUT2D eigenvalue weighted by Crippen LogP contribution is 2.24. The summed E-state index contributed by atoms with van der Waals surface area (Å²) < 4.78 is 2.09. The predicted octanol–water partition coefficient (Wildman–Crippen LogP) is 3.01. The Labute approximate surface area is 129 Å². The van der Waals surface area contributed by atoms with E-state index in [0.29, 0.717) is 5.56 Å². The molecule has 0 aliphatic rings. The molecule has 0 saturated heterocycles. The average molecular weight is 291 g/mol. The average Bonchev–Trinajstić information content (AvgIpc) is 2.93. The van der Waals surface area contributed by atoms with Gasteiger partial charge in [-0.15, -0.1) is 0 Å². The molecule has 1 heterocycles. The molecule has 2 N–H and O–H groups in total. The van der Waals surface area contributed by atoms with Crippen LogP contribution in [0.25, 0.3) is 11.1 Å². The van der Waals surface area contributed by atoms with Gasteiger partial charge in [0.2, 0.25) is 5.91 Å². The molecule has 1 aromatic heterocycles. The molecule has 0 unspecified atom stereocenters. The van der Waals surface area contributed by atoms with Crippen molar-refractivity contribution in [2.75, 3.05) is 0 Å². The molecule has 3 aromatic rings. The van der Waals surface area contributed by atoms with Crippen molar-refractivity contribution >= 4 is 5.91 Å². The zero-order valence-corrected chi connectivity index (χ0v) is 12.4. The third-order valence-electron chi connectivity index (χ3n) is 3.73. The van der Waals surface area contributed by atoms with Crippen molar-refractivity contribution in [3.63, 3.8) is 0 Å². The molecule has 3 rings (SSSR count). The first kappa shape index (κ1) is 14.1. The quantitative estimate of drug-likeness (QED) is 0.803. The molecule has 4 heteroatoms. The number of nitrogens with zero attached hydrogens (tertiary/aromatic N) is 2. The van der Waals surface area contributed by atoms with Gasteiger partial charge < -0.3 is 10.3 Å². The summed E-state index contributed by atoms with van der Waals surface area (Å²) in [7, 11) is 0. The molecule has 0 bridgehead atoms. The minimum absolute atomic E-state index is 0.409. The summed E-state index contributed by atoms with van der Waals surface area (Å²) in [5.41, 5.74) is 9.01. The monoisotopic (exact) mass is 291 g/mol. The third-order valence-corrected chi connectivity index (χ3v) is 3.73. The lowest BCUT2D eigenvalue weighted by molar-refractivity contribution is 0.100. The Kier molecular flexibility index (Phi) is 3.74. The zero-order valence-electron chi connectivity index (χ0n) is 12.4. The van der Waals surface area contributed by atoms with Crippen molar-refractivity contribution < 1.29 is 4.79 Å². The molecule has 0 saturated carbocycles. The fraction of sp³-hybridized carbons (Fsp3) is 0.111. The SMILES string of the molecule is Cc1nccn1Cc1ccc(-c2ccccc2C(N)=O)cc1. The first-order chi connectivity index (χ1) is 10.6. The van der Waals surface area contributed by atoms with Crippen molar-refractivity contribution in [3.8, 4) is 11.1 Å². The number of primary amides is 1. The van der Waals surface area contributed by atoms with Crippen LogP contribution in [0.4, 0.5) is 0 Å². The summed E-state index contributed by atoms with van der Waals surface area (Å²) in [6.07, 6.45) is 3.76. The minimum atomic E-state index is -0.409. The zero-order chi connectivity index (χ0) is 15.5. The van der Waals surface area contributed by atoms with E-state index in [0.717, 1.165) is 23.5 Å². The van der Waals surface area contributed by atoms with Gasteiger partial charge in [-0.25, -0.2) is 4.98 Å². The lowest BCUT2D eigenvalue weighted by Crippen LogP contribution is -2.12. The number of nitrogens with two attached hydrogens (primary N) is 1. The van der Waals surface area contributed by atoms with Crippen LogP contribution in [0.15, 0.2) is 60.9 Å². The van der Waals surface area contributed by atoms with E-state index in [4.69, 9.17) is 5.73 Å². The van der Waals surface area contributed by atoms with E-state index in [2.05, 4.69) is 21.7 Å². The Morgan fingerprint density at radius 2 is 1.86 bits per heavy atom. The molecule has 0 fully saturated rings. The Hall–Kier alpha value is -2.88. The predicted molar refractivity (Wildman–Crippen MR) is 86.5 cm³/mol. The van der Waals surface area contributed by atoms with E-state index in [-0.39, 0.29) is 0 Å². The van der Waals surface area contributed by atoms with Crippen molar-refractivity contribution in [1.82, 2.24) is 9.55 Å². The third kappa shape index (κ3) is 2.76. The van der Waals surface area contributed by atoms with E-state index in [1.807, 2.05) is 43.5 Å². The highest BCUT2D eigenvalue weighted by atomic mass is 16.1. The Balaban J connectivity index is 1.89. The fourth-order valence-electron chi connectivity index (χ4n) is 2.51. The van der Waals surface area contributed by atoms with Crippen LogP contribution in [-0.2, 0) is 6.54 Å². The summed E-state index contributed by atoms with van der Waals surface area (Å²) in [4.78, 5) is 15.7. The smallest absolute Gasteiger partial charge is 0.249 e. The highest BCUT2D eigenvalue weighted by Gasteiger charge is 2.09. The van der Waals surface area contributed by atoms with Crippen molar-refractivity contribution in [3.05, 3.63) is 77.9 Å². The number of amides is 1. The second-order valence-electron chi connectivity index (χ2n) is 5.21. The van der Waals surface area contributed by atoms with Crippen LogP contribution < -0.4 is 5.73 Å². The normalized spacial score (nSPS) is 10.6. The molecular formula is C18H17N3O. The molecule has 22 heavy (non-hydrogen) atoms. The molecule has 0 radical (unpaired) electrons. The summed E-state index contributed by atoms with van der Waals surface area (Å²) >= 11 is 0. The van der Waals surface area contributed by atoms with Gasteiger partial charge in [0.15, 0.2) is 0 Å². The second-order valence-corrected chi connectivity index (χ2v) is 5.21. The molecular weight excluding hydrogens is 274 g/mol. The first-order valence-corrected chi connectivity index (χ1v) is 7.11. The maximum atomic E-state index is 11.5. The van der Waals surface area contributed by atoms with Crippen LogP contribution in [0, 0.1) is 6.92 Å². The van der Waals surface area contributed by atoms with Crippen LogP contribution in [0.2, 0.25) is 0 Å². The van der Waals surface area contributed by atoms with Crippen LogP contribution in [0.5, 0.6) is 0 Å². The maximum Gasteiger partial charge on any atom is 0.249 e. The van der Waals surface area contributed by atoms with Crippen LogP contribution in [0.1, 0.15) is 21.7 Å². The molecule has 0 spiro atoms. The topological polar surface area (TPSA) is 60.9 Å². The lowest BCUT2D eigenvalue weighted by Gasteiger charge is -2.09. The molecule has 0 aliphatic heterocycles. The first-order valence-electron chi connectivity index (χ1n) is 7.11. The second kappa shape index (κ2) is 5.85. The molecule has 110 valence electrons. The lowest BCUT2D eigenvalue weighted by atomic mass is 9.98. The van der Waals surface area contributed by atoms with Gasteiger partial charge in [0.25, 0.3) is 0 Å². The van der Waals surface area contributed by atoms with Crippen molar-refractivity contribution in [2.24, 2.45) is 5.73 Å². The number of benzene rings is 2. The summed E-state index contributed by atoms with van der Waals surface area (Å²) in [6.45, 7) is 2.76. The molecule has 1 amide bonds. The molecule has 2 aromatic carbocycles. The Morgan fingerprint density at radius 1 is 1.14 bits per heavy atom. The van der Waals surface area contributed by atoms with Gasteiger partial charge in [-0.3, -0.25) is 4.79 Å². The number of aryl methyl sites for hydroxylation is 1. The number of rotatable bonds is 4. The van der Waals surface area contributed by atoms with Gasteiger partial charge in [-0.1, -0.05) is 42.5 Å². The standard InChI is InChI=1S/C18H17N3O/c1-13-20-10-11-21(13)12-14-6-8-15(9-7-14)16-4-2-3-5-17(16)18(19)22/h2-11H,12H2,1H3,(H2,19,22). The minimum Gasteiger partial charge on any atom is -0.366 e. The Bertz CT molecular complexity index is 803. The van der Waals surface area contributed by atoms with Gasteiger partial charge >= 0.3 is 0 Å². The summed E-state index contributed by atoms with van der Waals surface area (Å²) in [5.74, 6) is 0.580. The number of carbonyl (C=O) groups excluding carboxylic acids is 1. The van der Waals surface area contributed by atoms with Crippen LogP contribution >= 0.6 is 0 Å². The Morgan fingerprint density at radius 3 is 2.50 bits per heavy atom. The van der Waals surface area contributed by atoms with E-state index >= 15 is 0 Å². The molecule has 4 nitrogen and oxygen atoms in total.